The Morgan fingerprint density at radius 3 is 2.12 bits per heavy atom. The summed E-state index contributed by atoms with van der Waals surface area (Å²) in [6, 6.07) is 12.8. The van der Waals surface area contributed by atoms with Crippen molar-refractivity contribution in [2.75, 3.05) is 7.11 Å². The zero-order valence-corrected chi connectivity index (χ0v) is 24.9. The second kappa shape index (κ2) is 12.9. The first-order valence-electron chi connectivity index (χ1n) is 16.1. The lowest BCUT2D eigenvalue weighted by Crippen LogP contribution is -2.57. The lowest BCUT2D eigenvalue weighted by molar-refractivity contribution is -0.141. The van der Waals surface area contributed by atoms with Crippen molar-refractivity contribution in [2.45, 2.75) is 121 Å². The predicted octanol–water partition coefficient (Wildman–Crippen LogP) is 5.85. The SMILES string of the molecule is COC(=O)Cn1cccc(-c2nc3ccccc3n([C@H]3C[C@H]4CCC[C@@H](C3)N4C3CCCCCCCCC3)c2=O)c1=O. The van der Waals surface area contributed by atoms with Crippen LogP contribution in [0.3, 0.4) is 0 Å². The number of aromatic nitrogens is 3. The Morgan fingerprint density at radius 1 is 0.786 bits per heavy atom. The second-order valence-electron chi connectivity index (χ2n) is 12.6. The van der Waals surface area contributed by atoms with Crippen LogP contribution in [0, 0.1) is 0 Å². The highest BCUT2D eigenvalue weighted by atomic mass is 16.5. The molecule has 224 valence electrons. The molecule has 2 bridgehead atoms. The highest BCUT2D eigenvalue weighted by molar-refractivity contribution is 5.78. The summed E-state index contributed by atoms with van der Waals surface area (Å²) in [5.41, 5.74) is 1.25. The molecule has 3 aliphatic rings. The molecule has 0 N–H and O–H groups in total. The smallest absolute Gasteiger partial charge is 0.325 e. The van der Waals surface area contributed by atoms with Crippen LogP contribution in [0.2, 0.25) is 0 Å². The van der Waals surface area contributed by atoms with E-state index in [4.69, 9.17) is 9.72 Å². The Kier molecular flexibility index (Phi) is 8.89. The van der Waals surface area contributed by atoms with E-state index in [1.165, 1.54) is 88.7 Å². The minimum absolute atomic E-state index is 0.0521. The second-order valence-corrected chi connectivity index (χ2v) is 12.6. The van der Waals surface area contributed by atoms with Gasteiger partial charge in [-0.15, -0.1) is 0 Å². The van der Waals surface area contributed by atoms with Gasteiger partial charge in [0.2, 0.25) is 0 Å². The largest absolute Gasteiger partial charge is 0.468 e. The number of pyridine rings is 1. The third-order valence-corrected chi connectivity index (χ3v) is 9.97. The number of nitrogens with zero attached hydrogens (tertiary/aromatic N) is 4. The fourth-order valence-electron chi connectivity index (χ4n) is 8.02. The summed E-state index contributed by atoms with van der Waals surface area (Å²) in [6.45, 7) is -0.214. The Balaban J connectivity index is 1.36. The molecule has 1 aliphatic carbocycles. The maximum atomic E-state index is 14.3. The number of piperidine rings is 2. The van der Waals surface area contributed by atoms with Gasteiger partial charge in [0, 0.05) is 30.4 Å². The van der Waals surface area contributed by atoms with Crippen molar-refractivity contribution in [3.05, 3.63) is 63.3 Å². The zero-order chi connectivity index (χ0) is 29.1. The number of methoxy groups -OCH3 is 1. The molecule has 8 heteroatoms. The van der Waals surface area contributed by atoms with Crippen LogP contribution in [0.15, 0.2) is 52.2 Å². The molecule has 4 heterocycles. The van der Waals surface area contributed by atoms with E-state index in [0.717, 1.165) is 18.4 Å². The van der Waals surface area contributed by atoms with Crippen LogP contribution >= 0.6 is 0 Å². The quantitative estimate of drug-likeness (QED) is 0.357. The Labute approximate surface area is 247 Å². The van der Waals surface area contributed by atoms with Crippen LogP contribution in [-0.4, -0.2) is 50.2 Å². The van der Waals surface area contributed by atoms with Gasteiger partial charge >= 0.3 is 5.97 Å². The molecule has 42 heavy (non-hydrogen) atoms. The average Bonchev–Trinajstić information content (AvgIpc) is 3.00. The summed E-state index contributed by atoms with van der Waals surface area (Å²) in [6.07, 6.45) is 19.1. The molecule has 8 nitrogen and oxygen atoms in total. The number of para-hydroxylation sites is 2. The highest BCUT2D eigenvalue weighted by Crippen LogP contribution is 2.42. The molecule has 0 amide bonds. The normalized spacial score (nSPS) is 24.4. The molecule has 1 saturated carbocycles. The highest BCUT2D eigenvalue weighted by Gasteiger charge is 2.42. The van der Waals surface area contributed by atoms with E-state index in [1.807, 2.05) is 28.8 Å². The molecular weight excluding hydrogens is 528 g/mol. The van der Waals surface area contributed by atoms with Crippen LogP contribution < -0.4 is 11.1 Å². The number of hydrogen-bond donors (Lipinski definition) is 0. The van der Waals surface area contributed by atoms with Gasteiger partial charge in [0.25, 0.3) is 11.1 Å². The fourth-order valence-corrected chi connectivity index (χ4v) is 8.02. The number of carbonyl (C=O) groups excluding carboxylic acids is 1. The van der Waals surface area contributed by atoms with Crippen molar-refractivity contribution in [1.82, 2.24) is 19.0 Å². The standard InChI is InChI=1S/C34H44N4O4/c1-42-31(39)23-36-20-12-17-28(33(36)40)32-34(41)38(30-19-10-9-18-29(30)35-32)27-21-25-15-11-16-26(22-27)37(25)24-13-7-5-3-2-4-6-8-14-24/h9-10,12,17-20,24-27H,2-8,11,13-16,21-23H2,1H3/t25-,26+,27+. The van der Waals surface area contributed by atoms with Gasteiger partial charge in [0.15, 0.2) is 0 Å². The molecule has 0 unspecified atom stereocenters. The number of hydrogen-bond acceptors (Lipinski definition) is 6. The summed E-state index contributed by atoms with van der Waals surface area (Å²) >= 11 is 0. The summed E-state index contributed by atoms with van der Waals surface area (Å²) < 4.78 is 7.99. The molecule has 2 aliphatic heterocycles. The number of rotatable bonds is 5. The maximum absolute atomic E-state index is 14.3. The van der Waals surface area contributed by atoms with Crippen molar-refractivity contribution in [2.24, 2.45) is 0 Å². The van der Waals surface area contributed by atoms with Gasteiger partial charge in [0.1, 0.15) is 12.2 Å². The van der Waals surface area contributed by atoms with Crippen LogP contribution in [0.25, 0.3) is 22.3 Å². The molecule has 3 atom stereocenters. The van der Waals surface area contributed by atoms with Gasteiger partial charge in [-0.05, 0) is 62.8 Å². The summed E-state index contributed by atoms with van der Waals surface area (Å²) in [5, 5.41) is 0. The first-order valence-corrected chi connectivity index (χ1v) is 16.1. The van der Waals surface area contributed by atoms with Crippen LogP contribution in [0.5, 0.6) is 0 Å². The zero-order valence-electron chi connectivity index (χ0n) is 24.9. The maximum Gasteiger partial charge on any atom is 0.325 e. The molecule has 0 radical (unpaired) electrons. The van der Waals surface area contributed by atoms with Gasteiger partial charge in [0.05, 0.1) is 23.7 Å². The van der Waals surface area contributed by atoms with Crippen molar-refractivity contribution in [3.8, 4) is 11.3 Å². The molecule has 3 fully saturated rings. The minimum Gasteiger partial charge on any atom is -0.468 e. The van der Waals surface area contributed by atoms with Crippen LogP contribution in [-0.2, 0) is 16.1 Å². The number of ether oxygens (including phenoxy) is 1. The van der Waals surface area contributed by atoms with E-state index in [0.29, 0.717) is 23.6 Å². The van der Waals surface area contributed by atoms with Crippen LogP contribution in [0.4, 0.5) is 0 Å². The van der Waals surface area contributed by atoms with E-state index in [-0.39, 0.29) is 29.4 Å². The summed E-state index contributed by atoms with van der Waals surface area (Å²) in [5.74, 6) is -0.521. The molecule has 2 saturated heterocycles. The topological polar surface area (TPSA) is 86.4 Å². The van der Waals surface area contributed by atoms with Gasteiger partial charge in [-0.1, -0.05) is 63.5 Å². The van der Waals surface area contributed by atoms with Crippen molar-refractivity contribution in [1.29, 1.82) is 0 Å². The van der Waals surface area contributed by atoms with E-state index >= 15 is 0 Å². The lowest BCUT2D eigenvalue weighted by atomic mass is 9.79. The van der Waals surface area contributed by atoms with Gasteiger partial charge in [-0.25, -0.2) is 4.98 Å². The minimum atomic E-state index is -0.521. The number of benzene rings is 1. The Hall–Kier alpha value is -3.26. The first kappa shape index (κ1) is 28.8. The third kappa shape index (κ3) is 5.83. The molecule has 3 aromatic rings. The third-order valence-electron chi connectivity index (χ3n) is 9.97. The molecule has 0 spiro atoms. The van der Waals surface area contributed by atoms with Crippen molar-refractivity contribution < 1.29 is 9.53 Å². The fraction of sp³-hybridized carbons (Fsp3) is 0.588. The predicted molar refractivity (Wildman–Crippen MR) is 165 cm³/mol. The Morgan fingerprint density at radius 2 is 1.43 bits per heavy atom. The molecule has 2 aromatic heterocycles. The molecule has 6 rings (SSSR count). The van der Waals surface area contributed by atoms with Gasteiger partial charge in [-0.2, -0.15) is 0 Å². The average molecular weight is 573 g/mol. The van der Waals surface area contributed by atoms with Gasteiger partial charge < -0.3 is 13.9 Å². The summed E-state index contributed by atoms with van der Waals surface area (Å²) in [7, 11) is 1.29. The van der Waals surface area contributed by atoms with Crippen molar-refractivity contribution >= 4 is 17.0 Å². The van der Waals surface area contributed by atoms with E-state index < -0.39 is 11.5 Å². The van der Waals surface area contributed by atoms with Crippen LogP contribution in [0.1, 0.15) is 95.9 Å². The number of fused-ring (bicyclic) bond motifs is 3. The van der Waals surface area contributed by atoms with E-state index in [9.17, 15) is 14.4 Å². The Bertz CT molecular complexity index is 1500. The molecular formula is C34H44N4O4. The van der Waals surface area contributed by atoms with E-state index in [1.54, 1.807) is 18.3 Å². The number of carbonyl (C=O) groups is 1. The first-order chi connectivity index (χ1) is 20.5. The number of esters is 1. The lowest BCUT2D eigenvalue weighted by Gasteiger charge is -2.53. The van der Waals surface area contributed by atoms with Crippen molar-refractivity contribution in [3.63, 3.8) is 0 Å². The summed E-state index contributed by atoms with van der Waals surface area (Å²) in [4.78, 5) is 47.3. The molecule has 1 aromatic carbocycles. The van der Waals surface area contributed by atoms with E-state index in [2.05, 4.69) is 4.90 Å². The monoisotopic (exact) mass is 572 g/mol. The van der Waals surface area contributed by atoms with Gasteiger partial charge in [-0.3, -0.25) is 19.3 Å².